The van der Waals surface area contributed by atoms with Gasteiger partial charge in [0.2, 0.25) is 0 Å². The molecule has 0 aliphatic carbocycles. The van der Waals surface area contributed by atoms with Gasteiger partial charge in [-0.15, -0.1) is 0 Å². The lowest BCUT2D eigenvalue weighted by Crippen LogP contribution is -2.03. The molecule has 1 aromatic heterocycles. The minimum absolute atomic E-state index is 0.0624. The number of nitrogens with zero attached hydrogens (tertiary/aromatic N) is 1. The number of hydrogen-bond acceptors (Lipinski definition) is 3. The summed E-state index contributed by atoms with van der Waals surface area (Å²) in [5.41, 5.74) is 5.43. The van der Waals surface area contributed by atoms with Crippen LogP contribution in [0.15, 0.2) is 24.3 Å². The van der Waals surface area contributed by atoms with Gasteiger partial charge in [-0.1, -0.05) is 11.6 Å². The molecule has 1 heterocycles. The third-order valence-corrected chi connectivity index (χ3v) is 2.45. The number of rotatable bonds is 2. The molecule has 0 aliphatic heterocycles. The van der Waals surface area contributed by atoms with Crippen molar-refractivity contribution in [3.8, 4) is 0 Å². The van der Waals surface area contributed by atoms with Crippen LogP contribution in [0.25, 0.3) is 0 Å². The summed E-state index contributed by atoms with van der Waals surface area (Å²) in [5, 5.41) is 2.41. The van der Waals surface area contributed by atoms with E-state index in [4.69, 9.17) is 17.3 Å². The second-order valence-electron chi connectivity index (χ2n) is 3.44. The Morgan fingerprint density at radius 3 is 2.44 bits per heavy atom. The lowest BCUT2D eigenvalue weighted by molar-refractivity contribution is 0.580. The van der Waals surface area contributed by atoms with Crippen molar-refractivity contribution < 1.29 is 13.2 Å². The van der Waals surface area contributed by atoms with Gasteiger partial charge < -0.3 is 11.1 Å². The molecule has 0 saturated heterocycles. The smallest absolute Gasteiger partial charge is 0.169 e. The number of nitrogens with two attached hydrogens (primary N) is 1. The normalized spacial score (nSPS) is 10.4. The van der Waals surface area contributed by atoms with E-state index in [0.29, 0.717) is 6.07 Å². The van der Waals surface area contributed by atoms with Crippen molar-refractivity contribution in [1.82, 2.24) is 4.98 Å². The van der Waals surface area contributed by atoms with Crippen LogP contribution in [-0.4, -0.2) is 4.98 Å². The minimum atomic E-state index is -0.958. The molecule has 0 saturated carbocycles. The summed E-state index contributed by atoms with van der Waals surface area (Å²) in [6.45, 7) is 0. The Morgan fingerprint density at radius 1 is 1.06 bits per heavy atom. The quantitative estimate of drug-likeness (QED) is 0.881. The third kappa shape index (κ3) is 2.48. The minimum Gasteiger partial charge on any atom is -0.381 e. The first-order valence-electron chi connectivity index (χ1n) is 4.81. The molecule has 0 radical (unpaired) electrons. The Balaban J connectivity index is 2.34. The number of nitrogen functional groups attached to an aromatic ring is 1. The Bertz CT molecular complexity index is 604. The van der Waals surface area contributed by atoms with Crippen molar-refractivity contribution in [3.05, 3.63) is 46.7 Å². The van der Waals surface area contributed by atoms with Crippen LogP contribution >= 0.6 is 11.6 Å². The highest BCUT2D eigenvalue weighted by Crippen LogP contribution is 2.24. The lowest BCUT2D eigenvalue weighted by Gasteiger charge is -2.08. The van der Waals surface area contributed by atoms with Crippen LogP contribution in [0.4, 0.5) is 30.5 Å². The first-order chi connectivity index (χ1) is 8.47. The van der Waals surface area contributed by atoms with E-state index >= 15 is 0 Å². The van der Waals surface area contributed by atoms with E-state index in [2.05, 4.69) is 10.3 Å². The van der Waals surface area contributed by atoms with E-state index in [0.717, 1.165) is 6.07 Å². The molecule has 0 amide bonds. The van der Waals surface area contributed by atoms with Gasteiger partial charge in [0.25, 0.3) is 0 Å². The SMILES string of the molecule is Nc1nc(Nc2ccc(Cl)c(F)c2)c(F)cc1F. The van der Waals surface area contributed by atoms with Crippen molar-refractivity contribution in [3.63, 3.8) is 0 Å². The zero-order valence-corrected chi connectivity index (χ0v) is 9.60. The number of halogens is 4. The van der Waals surface area contributed by atoms with Gasteiger partial charge >= 0.3 is 0 Å². The Labute approximate surface area is 105 Å². The van der Waals surface area contributed by atoms with Crippen molar-refractivity contribution >= 4 is 28.9 Å². The maximum absolute atomic E-state index is 13.4. The molecule has 0 unspecified atom stereocenters. The van der Waals surface area contributed by atoms with Gasteiger partial charge in [0.1, 0.15) is 5.82 Å². The second kappa shape index (κ2) is 4.73. The van der Waals surface area contributed by atoms with Crippen LogP contribution in [0.1, 0.15) is 0 Å². The standard InChI is InChI=1S/C11H7ClF3N3/c12-6-2-1-5(3-7(6)13)17-11-9(15)4-8(14)10(16)18-11/h1-4H,(H3,16,17,18). The molecule has 7 heteroatoms. The van der Waals surface area contributed by atoms with Gasteiger partial charge in [0, 0.05) is 11.8 Å². The van der Waals surface area contributed by atoms with Crippen molar-refractivity contribution in [2.24, 2.45) is 0 Å². The molecule has 2 rings (SSSR count). The molecule has 2 aromatic rings. The van der Waals surface area contributed by atoms with E-state index < -0.39 is 23.3 Å². The van der Waals surface area contributed by atoms with E-state index in [1.54, 1.807) is 0 Å². The van der Waals surface area contributed by atoms with Crippen LogP contribution in [0.2, 0.25) is 5.02 Å². The fraction of sp³-hybridized carbons (Fsp3) is 0. The predicted molar refractivity (Wildman–Crippen MR) is 63.3 cm³/mol. The fourth-order valence-electron chi connectivity index (χ4n) is 1.28. The molecule has 0 atom stereocenters. The number of hydrogen-bond donors (Lipinski definition) is 2. The predicted octanol–water partition coefficient (Wildman–Crippen LogP) is 3.48. The molecule has 0 spiro atoms. The van der Waals surface area contributed by atoms with Gasteiger partial charge in [-0.3, -0.25) is 0 Å². The average Bonchev–Trinajstić information content (AvgIpc) is 2.31. The monoisotopic (exact) mass is 273 g/mol. The second-order valence-corrected chi connectivity index (χ2v) is 3.85. The summed E-state index contributed by atoms with van der Waals surface area (Å²) in [7, 11) is 0. The van der Waals surface area contributed by atoms with E-state index in [-0.39, 0.29) is 16.5 Å². The molecule has 18 heavy (non-hydrogen) atoms. The Hall–Kier alpha value is -1.95. The van der Waals surface area contributed by atoms with Crippen LogP contribution in [0, 0.1) is 17.5 Å². The van der Waals surface area contributed by atoms with Crippen molar-refractivity contribution in [1.29, 1.82) is 0 Å². The van der Waals surface area contributed by atoms with Crippen LogP contribution < -0.4 is 11.1 Å². The van der Waals surface area contributed by atoms with Crippen LogP contribution in [0.5, 0.6) is 0 Å². The zero-order chi connectivity index (χ0) is 13.3. The van der Waals surface area contributed by atoms with Crippen LogP contribution in [0.3, 0.4) is 0 Å². The highest BCUT2D eigenvalue weighted by Gasteiger charge is 2.10. The maximum atomic E-state index is 13.4. The summed E-state index contributed by atoms with van der Waals surface area (Å²) in [6.07, 6.45) is 0. The molecule has 0 bridgehead atoms. The van der Waals surface area contributed by atoms with Gasteiger partial charge in [-0.2, -0.15) is 0 Å². The molecule has 1 aromatic carbocycles. The average molecular weight is 274 g/mol. The topological polar surface area (TPSA) is 50.9 Å². The number of nitrogens with one attached hydrogen (secondary N) is 1. The highest BCUT2D eigenvalue weighted by molar-refractivity contribution is 6.30. The maximum Gasteiger partial charge on any atom is 0.169 e. The molecule has 94 valence electrons. The molecular formula is C11H7ClF3N3. The Kier molecular flexibility index (Phi) is 3.29. The van der Waals surface area contributed by atoms with Crippen molar-refractivity contribution in [2.75, 3.05) is 11.1 Å². The molecule has 3 N–H and O–H groups in total. The summed E-state index contributed by atoms with van der Waals surface area (Å²) >= 11 is 5.50. The van der Waals surface area contributed by atoms with Crippen molar-refractivity contribution in [2.45, 2.75) is 0 Å². The number of aromatic nitrogens is 1. The van der Waals surface area contributed by atoms with E-state index in [9.17, 15) is 13.2 Å². The summed E-state index contributed by atoms with van der Waals surface area (Å²) in [4.78, 5) is 3.48. The highest BCUT2D eigenvalue weighted by atomic mass is 35.5. The molecule has 0 fully saturated rings. The molecular weight excluding hydrogens is 267 g/mol. The summed E-state index contributed by atoms with van der Waals surface area (Å²) < 4.78 is 39.4. The molecule has 3 nitrogen and oxygen atoms in total. The first kappa shape index (κ1) is 12.5. The number of anilines is 3. The zero-order valence-electron chi connectivity index (χ0n) is 8.85. The van der Waals surface area contributed by atoms with Gasteiger partial charge in [0.15, 0.2) is 23.3 Å². The van der Waals surface area contributed by atoms with E-state index in [1.165, 1.54) is 12.1 Å². The summed E-state index contributed by atoms with van der Waals surface area (Å²) in [5.74, 6) is -3.31. The number of pyridine rings is 1. The molecule has 0 aliphatic rings. The first-order valence-corrected chi connectivity index (χ1v) is 5.19. The number of benzene rings is 1. The van der Waals surface area contributed by atoms with Gasteiger partial charge in [0.05, 0.1) is 5.02 Å². The summed E-state index contributed by atoms with van der Waals surface area (Å²) in [6, 6.07) is 4.37. The van der Waals surface area contributed by atoms with Gasteiger partial charge in [-0.25, -0.2) is 18.2 Å². The largest absolute Gasteiger partial charge is 0.381 e. The Morgan fingerprint density at radius 2 is 1.78 bits per heavy atom. The third-order valence-electron chi connectivity index (χ3n) is 2.14. The van der Waals surface area contributed by atoms with Gasteiger partial charge in [-0.05, 0) is 18.2 Å². The fourth-order valence-corrected chi connectivity index (χ4v) is 1.40. The van der Waals surface area contributed by atoms with Crippen LogP contribution in [-0.2, 0) is 0 Å². The lowest BCUT2D eigenvalue weighted by atomic mass is 10.3. The van der Waals surface area contributed by atoms with E-state index in [1.807, 2.05) is 0 Å².